The Bertz CT molecular complexity index is 395. The number of aliphatic hydroxyl groups is 1. The first-order valence-corrected chi connectivity index (χ1v) is 5.23. The molecule has 1 aliphatic rings. The van der Waals surface area contributed by atoms with Gasteiger partial charge in [-0.15, -0.1) is 0 Å². The van der Waals surface area contributed by atoms with Crippen molar-refractivity contribution < 1.29 is 5.11 Å². The van der Waals surface area contributed by atoms with Gasteiger partial charge in [-0.2, -0.15) is 5.26 Å². The van der Waals surface area contributed by atoms with Gasteiger partial charge in [-0.1, -0.05) is 12.1 Å². The van der Waals surface area contributed by atoms with Gasteiger partial charge >= 0.3 is 0 Å². The average molecular weight is 202 g/mol. The Hall–Kier alpha value is -1.37. The van der Waals surface area contributed by atoms with E-state index in [1.54, 1.807) is 0 Å². The summed E-state index contributed by atoms with van der Waals surface area (Å²) in [6.45, 7) is 0.769. The molecule has 1 aromatic rings. The van der Waals surface area contributed by atoms with E-state index < -0.39 is 0 Å². The molecule has 78 valence electrons. The van der Waals surface area contributed by atoms with Gasteiger partial charge in [0.2, 0.25) is 0 Å². The van der Waals surface area contributed by atoms with Gasteiger partial charge < -0.3 is 10.4 Å². The van der Waals surface area contributed by atoms with Crippen LogP contribution in [0.25, 0.3) is 0 Å². The Balaban J connectivity index is 2.24. The minimum absolute atomic E-state index is 0.157. The van der Waals surface area contributed by atoms with E-state index in [0.29, 0.717) is 12.6 Å². The number of hydrogen-bond acceptors (Lipinski definition) is 3. The highest BCUT2D eigenvalue weighted by molar-refractivity contribution is 5.46. The molecule has 0 unspecified atom stereocenters. The van der Waals surface area contributed by atoms with E-state index in [-0.39, 0.29) is 6.61 Å². The predicted molar refractivity (Wildman–Crippen MR) is 57.3 cm³/mol. The zero-order valence-corrected chi connectivity index (χ0v) is 8.53. The van der Waals surface area contributed by atoms with Crippen LogP contribution in [0.3, 0.4) is 0 Å². The molecule has 2 rings (SSSR count). The van der Waals surface area contributed by atoms with Crippen LogP contribution in [-0.2, 0) is 6.42 Å². The molecule has 3 heteroatoms. The van der Waals surface area contributed by atoms with E-state index in [1.807, 2.05) is 12.1 Å². The molecule has 0 amide bonds. The number of fused-ring (bicyclic) bond motifs is 1. The van der Waals surface area contributed by atoms with Gasteiger partial charge in [0.1, 0.15) is 0 Å². The number of benzene rings is 1. The first-order chi connectivity index (χ1) is 7.36. The summed E-state index contributed by atoms with van der Waals surface area (Å²) in [5.41, 5.74) is 3.19. The zero-order chi connectivity index (χ0) is 10.7. The highest BCUT2D eigenvalue weighted by atomic mass is 16.3. The van der Waals surface area contributed by atoms with Crippen LogP contribution in [0.4, 0.5) is 0 Å². The van der Waals surface area contributed by atoms with Gasteiger partial charge in [0.05, 0.1) is 18.2 Å². The molecule has 0 heterocycles. The van der Waals surface area contributed by atoms with Crippen molar-refractivity contribution in [2.75, 3.05) is 13.2 Å². The van der Waals surface area contributed by atoms with Crippen molar-refractivity contribution in [2.24, 2.45) is 0 Å². The Morgan fingerprint density at radius 2 is 2.40 bits per heavy atom. The van der Waals surface area contributed by atoms with Crippen molar-refractivity contribution in [3.8, 4) is 6.07 Å². The van der Waals surface area contributed by atoms with E-state index in [4.69, 9.17) is 10.4 Å². The number of nitrogens with zero attached hydrogens (tertiary/aromatic N) is 1. The smallest absolute Gasteiger partial charge is 0.0994 e. The standard InChI is InChI=1S/C12H14N2O/c13-8-9-2-1-3-11-10(9)4-5-12(11)14-6-7-15/h1-3,12,14-15H,4-7H2/t12-/m0/s1. The second-order valence-electron chi connectivity index (χ2n) is 3.75. The third kappa shape index (κ3) is 1.87. The quantitative estimate of drug-likeness (QED) is 0.772. The largest absolute Gasteiger partial charge is 0.395 e. The first-order valence-electron chi connectivity index (χ1n) is 5.23. The molecule has 1 aromatic carbocycles. The number of rotatable bonds is 3. The molecule has 0 spiro atoms. The van der Waals surface area contributed by atoms with Crippen molar-refractivity contribution in [1.82, 2.24) is 5.32 Å². The summed E-state index contributed by atoms with van der Waals surface area (Å²) < 4.78 is 0. The Morgan fingerprint density at radius 1 is 1.53 bits per heavy atom. The van der Waals surface area contributed by atoms with Gasteiger partial charge in [0, 0.05) is 12.6 Å². The molecule has 0 saturated heterocycles. The molecular weight excluding hydrogens is 188 g/mol. The number of nitrogens with one attached hydrogen (secondary N) is 1. The number of nitriles is 1. The fraction of sp³-hybridized carbons (Fsp3) is 0.417. The van der Waals surface area contributed by atoms with E-state index in [2.05, 4.69) is 17.5 Å². The van der Waals surface area contributed by atoms with Crippen LogP contribution in [0.15, 0.2) is 18.2 Å². The van der Waals surface area contributed by atoms with Gasteiger partial charge in [0.25, 0.3) is 0 Å². The molecule has 2 N–H and O–H groups in total. The highest BCUT2D eigenvalue weighted by Gasteiger charge is 2.23. The molecule has 0 radical (unpaired) electrons. The summed E-state index contributed by atoms with van der Waals surface area (Å²) >= 11 is 0. The third-order valence-electron chi connectivity index (χ3n) is 2.89. The lowest BCUT2D eigenvalue weighted by Gasteiger charge is -2.12. The lowest BCUT2D eigenvalue weighted by molar-refractivity contribution is 0.284. The monoisotopic (exact) mass is 202 g/mol. The van der Waals surface area contributed by atoms with Crippen LogP contribution in [0, 0.1) is 11.3 Å². The molecular formula is C12H14N2O. The summed E-state index contributed by atoms with van der Waals surface area (Å²) in [5, 5.41) is 21.0. The van der Waals surface area contributed by atoms with Crippen molar-refractivity contribution in [3.05, 3.63) is 34.9 Å². The van der Waals surface area contributed by atoms with E-state index in [1.165, 1.54) is 11.1 Å². The highest BCUT2D eigenvalue weighted by Crippen LogP contribution is 2.32. The van der Waals surface area contributed by atoms with E-state index >= 15 is 0 Å². The molecule has 15 heavy (non-hydrogen) atoms. The first kappa shape index (κ1) is 10.2. The van der Waals surface area contributed by atoms with Gasteiger partial charge in [-0.3, -0.25) is 0 Å². The van der Waals surface area contributed by atoms with Crippen LogP contribution < -0.4 is 5.32 Å². The van der Waals surface area contributed by atoms with Crippen molar-refractivity contribution >= 4 is 0 Å². The fourth-order valence-electron chi connectivity index (χ4n) is 2.21. The molecule has 0 bridgehead atoms. The van der Waals surface area contributed by atoms with E-state index in [9.17, 15) is 0 Å². The van der Waals surface area contributed by atoms with Gasteiger partial charge in [-0.05, 0) is 30.0 Å². The van der Waals surface area contributed by atoms with E-state index in [0.717, 1.165) is 18.4 Å². The summed E-state index contributed by atoms with van der Waals surface area (Å²) in [5.74, 6) is 0. The maximum atomic E-state index is 8.95. The zero-order valence-electron chi connectivity index (χ0n) is 8.53. The van der Waals surface area contributed by atoms with Crippen molar-refractivity contribution in [1.29, 1.82) is 5.26 Å². The lowest BCUT2D eigenvalue weighted by Crippen LogP contribution is -2.22. The lowest BCUT2D eigenvalue weighted by atomic mass is 10.0. The molecule has 0 aromatic heterocycles. The second-order valence-corrected chi connectivity index (χ2v) is 3.75. The fourth-order valence-corrected chi connectivity index (χ4v) is 2.21. The van der Waals surface area contributed by atoms with Gasteiger partial charge in [-0.25, -0.2) is 0 Å². The third-order valence-corrected chi connectivity index (χ3v) is 2.89. The maximum Gasteiger partial charge on any atom is 0.0994 e. The summed E-state index contributed by atoms with van der Waals surface area (Å²) in [4.78, 5) is 0. The topological polar surface area (TPSA) is 56.0 Å². The Kier molecular flexibility index (Phi) is 3.00. The molecule has 3 nitrogen and oxygen atoms in total. The molecule has 0 saturated carbocycles. The summed E-state index contributed by atoms with van der Waals surface area (Å²) in [7, 11) is 0. The normalized spacial score (nSPS) is 18.5. The average Bonchev–Trinajstić information content (AvgIpc) is 2.69. The minimum atomic E-state index is 0.157. The second kappa shape index (κ2) is 4.43. The van der Waals surface area contributed by atoms with Crippen LogP contribution in [0.1, 0.15) is 29.2 Å². The Labute approximate surface area is 89.4 Å². The Morgan fingerprint density at radius 3 is 3.13 bits per heavy atom. The summed E-state index contributed by atoms with van der Waals surface area (Å²) in [6, 6.07) is 8.40. The number of hydrogen-bond donors (Lipinski definition) is 2. The maximum absolute atomic E-state index is 8.95. The molecule has 0 aliphatic heterocycles. The predicted octanol–water partition coefficient (Wildman–Crippen LogP) is 1.13. The van der Waals surface area contributed by atoms with Crippen molar-refractivity contribution in [3.63, 3.8) is 0 Å². The molecule has 1 atom stereocenters. The van der Waals surface area contributed by atoms with Crippen LogP contribution in [0.2, 0.25) is 0 Å². The molecule has 1 aliphatic carbocycles. The van der Waals surface area contributed by atoms with Gasteiger partial charge in [0.15, 0.2) is 0 Å². The SMILES string of the molecule is N#Cc1cccc2c1CC[C@@H]2NCCO. The van der Waals surface area contributed by atoms with Crippen LogP contribution in [-0.4, -0.2) is 18.3 Å². The number of aliphatic hydroxyl groups excluding tert-OH is 1. The molecule has 0 fully saturated rings. The van der Waals surface area contributed by atoms with Crippen molar-refractivity contribution in [2.45, 2.75) is 18.9 Å². The van der Waals surface area contributed by atoms with Crippen LogP contribution >= 0.6 is 0 Å². The summed E-state index contributed by atoms with van der Waals surface area (Å²) in [6.07, 6.45) is 1.98. The minimum Gasteiger partial charge on any atom is -0.395 e. The van der Waals surface area contributed by atoms with Crippen LogP contribution in [0.5, 0.6) is 0 Å².